The summed E-state index contributed by atoms with van der Waals surface area (Å²) in [5.41, 5.74) is 1.00. The third-order valence-corrected chi connectivity index (χ3v) is 4.46. The van der Waals surface area contributed by atoms with E-state index in [4.69, 9.17) is 9.84 Å². The van der Waals surface area contributed by atoms with Crippen LogP contribution in [0.5, 0.6) is 5.75 Å². The number of aromatic nitrogens is 2. The van der Waals surface area contributed by atoms with E-state index in [1.165, 1.54) is 16.8 Å². The smallest absolute Gasteiger partial charge is 0.335 e. The van der Waals surface area contributed by atoms with Crippen molar-refractivity contribution in [2.45, 2.75) is 0 Å². The van der Waals surface area contributed by atoms with Crippen LogP contribution in [0.3, 0.4) is 0 Å². The van der Waals surface area contributed by atoms with Gasteiger partial charge in [0, 0.05) is 0 Å². The summed E-state index contributed by atoms with van der Waals surface area (Å²) in [6.45, 7) is 3.88. The Bertz CT molecular complexity index is 1160. The first-order valence-corrected chi connectivity index (χ1v) is 8.39. The maximum Gasteiger partial charge on any atom is 0.335 e. The van der Waals surface area contributed by atoms with E-state index in [1.807, 2.05) is 12.1 Å². The summed E-state index contributed by atoms with van der Waals surface area (Å²) >= 11 is 3.41. The molecule has 0 saturated heterocycles. The van der Waals surface area contributed by atoms with E-state index < -0.39 is 5.97 Å². The minimum atomic E-state index is -1.06. The summed E-state index contributed by atoms with van der Waals surface area (Å²) in [6, 6.07) is 11.6. The maximum atomic E-state index is 12.8. The lowest BCUT2D eigenvalue weighted by Crippen LogP contribution is -2.34. The van der Waals surface area contributed by atoms with Crippen molar-refractivity contribution in [2.24, 2.45) is 0 Å². The second kappa shape index (κ2) is 7.05. The van der Waals surface area contributed by atoms with Gasteiger partial charge in [0.05, 0.1) is 33.4 Å². The van der Waals surface area contributed by atoms with Crippen molar-refractivity contribution in [1.29, 1.82) is 0 Å². The SMILES string of the molecule is C=c1[nH]n(-c2cccc(C(=O)O)c2)c(=O)/c1=C\c1ccc(OC)c(Br)c1. The molecule has 6 nitrogen and oxygen atoms in total. The first kappa shape index (κ1) is 17.8. The van der Waals surface area contributed by atoms with Crippen molar-refractivity contribution >= 4 is 34.6 Å². The molecule has 0 radical (unpaired) electrons. The van der Waals surface area contributed by atoms with Crippen LogP contribution in [0, 0.1) is 0 Å². The zero-order valence-electron chi connectivity index (χ0n) is 13.8. The molecule has 26 heavy (non-hydrogen) atoms. The van der Waals surface area contributed by atoms with Gasteiger partial charge in [-0.2, -0.15) is 0 Å². The maximum absolute atomic E-state index is 12.8. The van der Waals surface area contributed by atoms with Crippen LogP contribution in [-0.2, 0) is 0 Å². The number of methoxy groups -OCH3 is 1. The molecule has 1 heterocycles. The molecule has 7 heteroatoms. The quantitative estimate of drug-likeness (QED) is 0.682. The molecule has 0 aliphatic heterocycles. The molecule has 3 aromatic rings. The number of halogens is 1. The number of rotatable bonds is 4. The van der Waals surface area contributed by atoms with Gasteiger partial charge in [-0.05, 0) is 57.9 Å². The van der Waals surface area contributed by atoms with Crippen LogP contribution in [0.1, 0.15) is 15.9 Å². The van der Waals surface area contributed by atoms with Crippen LogP contribution in [0.4, 0.5) is 0 Å². The summed E-state index contributed by atoms with van der Waals surface area (Å²) in [5.74, 6) is -0.370. The Balaban J connectivity index is 2.14. The number of nitrogens with zero attached hydrogens (tertiary/aromatic N) is 1. The third-order valence-electron chi connectivity index (χ3n) is 3.84. The molecule has 0 spiro atoms. The molecule has 0 aliphatic rings. The molecule has 0 aliphatic carbocycles. The fraction of sp³-hybridized carbons (Fsp3) is 0.0526. The number of nitrogens with one attached hydrogen (secondary N) is 1. The van der Waals surface area contributed by atoms with E-state index >= 15 is 0 Å². The Morgan fingerprint density at radius 2 is 2.08 bits per heavy atom. The lowest BCUT2D eigenvalue weighted by atomic mass is 10.2. The topological polar surface area (TPSA) is 84.3 Å². The highest BCUT2D eigenvalue weighted by molar-refractivity contribution is 9.10. The number of hydrogen-bond acceptors (Lipinski definition) is 3. The number of carboxylic acids is 1. The predicted octanol–water partition coefficient (Wildman–Crippen LogP) is 1.87. The minimum Gasteiger partial charge on any atom is -0.496 e. The highest BCUT2D eigenvalue weighted by Crippen LogP contribution is 2.25. The fourth-order valence-electron chi connectivity index (χ4n) is 2.54. The number of carboxylic acid groups (broad SMARTS) is 1. The Morgan fingerprint density at radius 1 is 1.31 bits per heavy atom. The van der Waals surface area contributed by atoms with E-state index in [0.29, 0.717) is 22.0 Å². The lowest BCUT2D eigenvalue weighted by Gasteiger charge is -2.03. The fourth-order valence-corrected chi connectivity index (χ4v) is 3.10. The normalized spacial score (nSPS) is 11.5. The van der Waals surface area contributed by atoms with Crippen molar-refractivity contribution in [2.75, 3.05) is 7.11 Å². The van der Waals surface area contributed by atoms with Crippen molar-refractivity contribution in [3.63, 3.8) is 0 Å². The van der Waals surface area contributed by atoms with Gasteiger partial charge in [0.25, 0.3) is 5.56 Å². The van der Waals surface area contributed by atoms with Crippen LogP contribution in [-0.4, -0.2) is 28.0 Å². The summed E-state index contributed by atoms with van der Waals surface area (Å²) in [6.07, 6.45) is 1.71. The molecule has 0 unspecified atom stereocenters. The van der Waals surface area contributed by atoms with Crippen molar-refractivity contribution in [3.05, 3.63) is 79.0 Å². The van der Waals surface area contributed by atoms with Crippen LogP contribution < -0.4 is 20.9 Å². The van der Waals surface area contributed by atoms with Gasteiger partial charge in [-0.25, -0.2) is 9.48 Å². The van der Waals surface area contributed by atoms with Gasteiger partial charge < -0.3 is 9.84 Å². The Morgan fingerprint density at radius 3 is 2.73 bits per heavy atom. The number of ether oxygens (including phenoxy) is 1. The summed E-state index contributed by atoms with van der Waals surface area (Å²) < 4.78 is 7.24. The number of H-pyrrole nitrogens is 1. The van der Waals surface area contributed by atoms with E-state index in [0.717, 1.165) is 10.0 Å². The van der Waals surface area contributed by atoms with Crippen molar-refractivity contribution in [1.82, 2.24) is 9.78 Å². The Kier molecular flexibility index (Phi) is 4.81. The van der Waals surface area contributed by atoms with E-state index in [2.05, 4.69) is 27.6 Å². The van der Waals surface area contributed by atoms with E-state index in [1.54, 1.807) is 31.4 Å². The highest BCUT2D eigenvalue weighted by atomic mass is 79.9. The largest absolute Gasteiger partial charge is 0.496 e. The number of carbonyl (C=O) groups is 1. The average Bonchev–Trinajstić information content (AvgIpc) is 2.90. The van der Waals surface area contributed by atoms with Gasteiger partial charge in [-0.15, -0.1) is 0 Å². The second-order valence-electron chi connectivity index (χ2n) is 5.54. The molecule has 2 aromatic carbocycles. The first-order chi connectivity index (χ1) is 12.4. The Labute approximate surface area is 156 Å². The molecule has 0 fully saturated rings. The average molecular weight is 415 g/mol. The standard InChI is InChI=1S/C19H15BrN2O4/c1-11-15(8-12-6-7-17(26-2)16(20)9-12)18(23)22(21-11)14-5-3-4-13(10-14)19(24)25/h3-10,21H,1H2,2H3,(H,24,25)/b15-8-. The number of hydrogen-bond donors (Lipinski definition) is 2. The van der Waals surface area contributed by atoms with Gasteiger partial charge in [-0.1, -0.05) is 18.7 Å². The molecular formula is C19H15BrN2O4. The van der Waals surface area contributed by atoms with Crippen LogP contribution in [0.2, 0.25) is 0 Å². The van der Waals surface area contributed by atoms with Gasteiger partial charge in [0.2, 0.25) is 0 Å². The molecule has 0 bridgehead atoms. The van der Waals surface area contributed by atoms with E-state index in [9.17, 15) is 9.59 Å². The predicted molar refractivity (Wildman–Crippen MR) is 102 cm³/mol. The van der Waals surface area contributed by atoms with Gasteiger partial charge in [0.1, 0.15) is 5.75 Å². The van der Waals surface area contributed by atoms with Gasteiger partial charge >= 0.3 is 5.97 Å². The van der Waals surface area contributed by atoms with Gasteiger partial charge in [0.15, 0.2) is 0 Å². The Hall–Kier alpha value is -3.06. The number of benzene rings is 2. The molecule has 0 atom stereocenters. The third kappa shape index (κ3) is 3.34. The summed E-state index contributed by atoms with van der Waals surface area (Å²) in [4.78, 5) is 23.9. The molecule has 0 amide bonds. The molecule has 3 rings (SSSR count). The van der Waals surface area contributed by atoms with Crippen molar-refractivity contribution < 1.29 is 14.6 Å². The number of aromatic amines is 1. The number of aromatic carboxylic acids is 1. The molecular weight excluding hydrogens is 400 g/mol. The summed E-state index contributed by atoms with van der Waals surface area (Å²) in [5, 5.41) is 12.8. The molecule has 2 N–H and O–H groups in total. The molecule has 0 saturated carbocycles. The van der Waals surface area contributed by atoms with Crippen LogP contribution >= 0.6 is 15.9 Å². The monoisotopic (exact) mass is 414 g/mol. The summed E-state index contributed by atoms with van der Waals surface area (Å²) in [7, 11) is 1.58. The zero-order valence-corrected chi connectivity index (χ0v) is 15.4. The van der Waals surface area contributed by atoms with Crippen molar-refractivity contribution in [3.8, 4) is 11.4 Å². The first-order valence-electron chi connectivity index (χ1n) is 7.59. The van der Waals surface area contributed by atoms with Gasteiger partial charge in [-0.3, -0.25) is 9.89 Å². The van der Waals surface area contributed by atoms with E-state index in [-0.39, 0.29) is 11.1 Å². The molecule has 132 valence electrons. The minimum absolute atomic E-state index is 0.0965. The van der Waals surface area contributed by atoms with Crippen LogP contribution in [0.15, 0.2) is 51.7 Å². The highest BCUT2D eigenvalue weighted by Gasteiger charge is 2.09. The second-order valence-corrected chi connectivity index (χ2v) is 6.39. The lowest BCUT2D eigenvalue weighted by molar-refractivity contribution is 0.0697. The zero-order chi connectivity index (χ0) is 18.8. The van der Waals surface area contributed by atoms with Crippen LogP contribution in [0.25, 0.3) is 18.3 Å². The molecule has 1 aromatic heterocycles.